The fourth-order valence-electron chi connectivity index (χ4n) is 4.05. The Morgan fingerprint density at radius 1 is 1.22 bits per heavy atom. The van der Waals surface area contributed by atoms with Gasteiger partial charge in [-0.1, -0.05) is 12.8 Å². The molecule has 11 heteroatoms. The smallest absolute Gasteiger partial charge is 0.342 e. The van der Waals surface area contributed by atoms with Gasteiger partial charge in [0.25, 0.3) is 0 Å². The quantitative estimate of drug-likeness (QED) is 0.733. The summed E-state index contributed by atoms with van der Waals surface area (Å²) in [6, 6.07) is -0.744. The second kappa shape index (κ2) is 8.84. The first-order chi connectivity index (χ1) is 11.8. The molecule has 2 N–H and O–H groups in total. The molecule has 1 saturated carbocycles. The van der Waals surface area contributed by atoms with Crippen molar-refractivity contribution in [3.8, 4) is 0 Å². The number of alkyl halides is 3. The van der Waals surface area contributed by atoms with E-state index in [1.165, 1.54) is 0 Å². The zero-order valence-electron chi connectivity index (χ0n) is 15.7. The van der Waals surface area contributed by atoms with Crippen LogP contribution in [0.15, 0.2) is 0 Å². The van der Waals surface area contributed by atoms with Crippen molar-refractivity contribution in [1.82, 2.24) is 9.21 Å². The number of halogens is 4. The van der Waals surface area contributed by atoms with Crippen molar-refractivity contribution < 1.29 is 26.4 Å². The van der Waals surface area contributed by atoms with Crippen LogP contribution in [0.3, 0.4) is 0 Å². The van der Waals surface area contributed by atoms with Crippen LogP contribution >= 0.6 is 12.4 Å². The molecule has 0 aromatic rings. The molecule has 2 aliphatic rings. The Hall–Kier alpha value is -0.580. The van der Waals surface area contributed by atoms with Gasteiger partial charge in [-0.3, -0.25) is 4.79 Å². The maximum atomic E-state index is 12.8. The van der Waals surface area contributed by atoms with Crippen LogP contribution in [0.25, 0.3) is 0 Å². The summed E-state index contributed by atoms with van der Waals surface area (Å²) in [5.41, 5.74) is 5.70. The van der Waals surface area contributed by atoms with Crippen molar-refractivity contribution in [2.75, 3.05) is 25.9 Å². The maximum absolute atomic E-state index is 12.8. The standard InChI is InChI=1S/C16H28F3N3O3S.ClH/c1-15(20)8-4-3-5-13(15)14(23)21-9-6-12(7-10-21)22(26(2,24)25)11-16(17,18)19;/h12-13H,3-11,20H2,1-2H3;1H. The molecule has 160 valence electrons. The fraction of sp³-hybridized carbons (Fsp3) is 0.938. The van der Waals surface area contributed by atoms with E-state index in [0.717, 1.165) is 31.9 Å². The minimum Gasteiger partial charge on any atom is -0.342 e. The van der Waals surface area contributed by atoms with E-state index in [0.29, 0.717) is 4.31 Å². The second-order valence-electron chi connectivity index (χ2n) is 7.78. The van der Waals surface area contributed by atoms with Gasteiger partial charge in [0.15, 0.2) is 0 Å². The van der Waals surface area contributed by atoms with Crippen LogP contribution in [-0.4, -0.2) is 67.2 Å². The maximum Gasteiger partial charge on any atom is 0.402 e. The number of rotatable bonds is 4. The lowest BCUT2D eigenvalue weighted by molar-refractivity contribution is -0.145. The zero-order chi connectivity index (χ0) is 19.8. The minimum atomic E-state index is -4.60. The normalized spacial score (nSPS) is 28.1. The highest BCUT2D eigenvalue weighted by Crippen LogP contribution is 2.34. The van der Waals surface area contributed by atoms with Crippen molar-refractivity contribution >= 4 is 28.3 Å². The average molecular weight is 436 g/mol. The molecule has 0 aromatic carbocycles. The molecule has 6 nitrogen and oxygen atoms in total. The highest BCUT2D eigenvalue weighted by molar-refractivity contribution is 7.88. The van der Waals surface area contributed by atoms with Crippen LogP contribution < -0.4 is 5.73 Å². The average Bonchev–Trinajstić information content (AvgIpc) is 2.50. The highest BCUT2D eigenvalue weighted by Gasteiger charge is 2.43. The van der Waals surface area contributed by atoms with Crippen molar-refractivity contribution in [3.63, 3.8) is 0 Å². The molecule has 1 saturated heterocycles. The second-order valence-corrected chi connectivity index (χ2v) is 9.72. The lowest BCUT2D eigenvalue weighted by Gasteiger charge is -2.43. The molecule has 2 atom stereocenters. The Balaban J connectivity index is 0.00000364. The van der Waals surface area contributed by atoms with E-state index in [9.17, 15) is 26.4 Å². The molecule has 0 radical (unpaired) electrons. The lowest BCUT2D eigenvalue weighted by Crippen LogP contribution is -2.56. The summed E-state index contributed by atoms with van der Waals surface area (Å²) < 4.78 is 62.3. The number of nitrogens with two attached hydrogens (primary N) is 1. The molecule has 27 heavy (non-hydrogen) atoms. The largest absolute Gasteiger partial charge is 0.402 e. The minimum absolute atomic E-state index is 0. The number of amides is 1. The summed E-state index contributed by atoms with van der Waals surface area (Å²) in [6.45, 7) is 0.879. The number of nitrogens with zero attached hydrogens (tertiary/aromatic N) is 2. The Bertz CT molecular complexity index is 620. The van der Waals surface area contributed by atoms with Crippen molar-refractivity contribution in [3.05, 3.63) is 0 Å². The van der Waals surface area contributed by atoms with Gasteiger partial charge in [0.05, 0.1) is 12.2 Å². The molecule has 0 spiro atoms. The Kier molecular flexibility index (Phi) is 8.00. The van der Waals surface area contributed by atoms with Gasteiger partial charge in [-0.15, -0.1) is 12.4 Å². The van der Waals surface area contributed by atoms with Gasteiger partial charge in [-0.25, -0.2) is 8.42 Å². The Labute approximate surface area is 165 Å². The topological polar surface area (TPSA) is 83.7 Å². The summed E-state index contributed by atoms with van der Waals surface area (Å²) in [7, 11) is -3.98. The Morgan fingerprint density at radius 3 is 2.22 bits per heavy atom. The monoisotopic (exact) mass is 435 g/mol. The van der Waals surface area contributed by atoms with E-state index < -0.39 is 34.3 Å². The van der Waals surface area contributed by atoms with Crippen LogP contribution in [0.4, 0.5) is 13.2 Å². The SMILES string of the molecule is CC1(N)CCCCC1C(=O)N1CCC(N(CC(F)(F)F)S(C)(=O)=O)CC1.Cl. The van der Waals surface area contributed by atoms with E-state index in [1.54, 1.807) is 4.90 Å². The lowest BCUT2D eigenvalue weighted by atomic mass is 9.74. The molecule has 0 aromatic heterocycles. The van der Waals surface area contributed by atoms with E-state index in [4.69, 9.17) is 5.73 Å². The van der Waals surface area contributed by atoms with Crippen LogP contribution in [0.2, 0.25) is 0 Å². The summed E-state index contributed by atoms with van der Waals surface area (Å²) in [6.07, 6.45) is -0.00122. The molecule has 1 amide bonds. The predicted molar refractivity (Wildman–Crippen MR) is 99.0 cm³/mol. The van der Waals surface area contributed by atoms with Crippen LogP contribution in [0.5, 0.6) is 0 Å². The van der Waals surface area contributed by atoms with Gasteiger partial charge < -0.3 is 10.6 Å². The molecule has 1 aliphatic carbocycles. The third-order valence-electron chi connectivity index (χ3n) is 5.50. The Morgan fingerprint density at radius 2 is 1.78 bits per heavy atom. The van der Waals surface area contributed by atoms with Crippen molar-refractivity contribution in [2.24, 2.45) is 11.7 Å². The third-order valence-corrected chi connectivity index (χ3v) is 6.78. The summed E-state index contributed by atoms with van der Waals surface area (Å²) >= 11 is 0. The van der Waals surface area contributed by atoms with Gasteiger partial charge in [0.2, 0.25) is 15.9 Å². The van der Waals surface area contributed by atoms with Gasteiger partial charge in [0.1, 0.15) is 6.54 Å². The first-order valence-corrected chi connectivity index (χ1v) is 10.8. The van der Waals surface area contributed by atoms with Gasteiger partial charge in [0, 0.05) is 24.7 Å². The van der Waals surface area contributed by atoms with Gasteiger partial charge in [-0.05, 0) is 32.6 Å². The first kappa shape index (κ1) is 24.5. The van der Waals surface area contributed by atoms with E-state index in [1.807, 2.05) is 6.92 Å². The number of carbonyl (C=O) groups is 1. The van der Waals surface area contributed by atoms with E-state index >= 15 is 0 Å². The van der Waals surface area contributed by atoms with Crippen LogP contribution in [0, 0.1) is 5.92 Å². The molecule has 0 bridgehead atoms. The highest BCUT2D eigenvalue weighted by atomic mass is 35.5. The molecule has 2 unspecified atom stereocenters. The number of hydrogen-bond donors (Lipinski definition) is 1. The predicted octanol–water partition coefficient (Wildman–Crippen LogP) is 2.13. The number of sulfonamides is 1. The third kappa shape index (κ3) is 6.47. The first-order valence-electron chi connectivity index (χ1n) is 8.92. The molecule has 1 aliphatic heterocycles. The summed E-state index contributed by atoms with van der Waals surface area (Å²) in [5, 5.41) is 0. The van der Waals surface area contributed by atoms with E-state index in [-0.39, 0.29) is 50.2 Å². The van der Waals surface area contributed by atoms with Gasteiger partial charge >= 0.3 is 6.18 Å². The summed E-state index contributed by atoms with van der Waals surface area (Å²) in [5.74, 6) is -0.344. The molecular formula is C16H29ClF3N3O3S. The molecule has 2 rings (SSSR count). The zero-order valence-corrected chi connectivity index (χ0v) is 17.3. The number of piperidine rings is 1. The number of hydrogen-bond acceptors (Lipinski definition) is 4. The van der Waals surface area contributed by atoms with Gasteiger partial charge in [-0.2, -0.15) is 17.5 Å². The van der Waals surface area contributed by atoms with Crippen LogP contribution in [-0.2, 0) is 14.8 Å². The van der Waals surface area contributed by atoms with Crippen molar-refractivity contribution in [1.29, 1.82) is 0 Å². The molecule has 2 fully saturated rings. The summed E-state index contributed by atoms with van der Waals surface area (Å²) in [4.78, 5) is 14.4. The van der Waals surface area contributed by atoms with Crippen molar-refractivity contribution in [2.45, 2.75) is 63.2 Å². The number of carbonyl (C=O) groups excluding carboxylic acids is 1. The fourth-order valence-corrected chi connectivity index (χ4v) is 5.19. The molecule has 1 heterocycles. The number of likely N-dealkylation sites (tertiary alicyclic amines) is 1. The van der Waals surface area contributed by atoms with Crippen LogP contribution in [0.1, 0.15) is 45.4 Å². The van der Waals surface area contributed by atoms with E-state index in [2.05, 4.69) is 0 Å². The molecular weight excluding hydrogens is 407 g/mol.